The third kappa shape index (κ3) is 3.33. The summed E-state index contributed by atoms with van der Waals surface area (Å²) in [6.45, 7) is 8.21. The van der Waals surface area contributed by atoms with Crippen LogP contribution in [0.25, 0.3) is 15.9 Å². The Kier molecular flexibility index (Phi) is 4.65. The summed E-state index contributed by atoms with van der Waals surface area (Å²) in [5, 5.41) is 1.59. The minimum absolute atomic E-state index is 0.0602. The van der Waals surface area contributed by atoms with Crippen molar-refractivity contribution >= 4 is 33.3 Å². The Balaban J connectivity index is 1.62. The maximum atomic E-state index is 12.4. The molecule has 1 aromatic carbocycles. The number of rotatable bonds is 4. The van der Waals surface area contributed by atoms with Crippen LogP contribution in [0.4, 0.5) is 0 Å². The van der Waals surface area contributed by atoms with Gasteiger partial charge in [0.1, 0.15) is 10.7 Å². The van der Waals surface area contributed by atoms with E-state index in [2.05, 4.69) is 51.6 Å². The Morgan fingerprint density at radius 1 is 1.19 bits per heavy atom. The number of thioether (sulfide) groups is 1. The molecule has 0 atom stereocenters. The van der Waals surface area contributed by atoms with Crippen LogP contribution in [0.2, 0.25) is 0 Å². The fourth-order valence-corrected chi connectivity index (χ4v) is 4.86. The lowest BCUT2D eigenvalue weighted by atomic mass is 10.1. The predicted octanol–water partition coefficient (Wildman–Crippen LogP) is 4.70. The molecule has 4 rings (SSSR count). The maximum absolute atomic E-state index is 12.4. The number of aromatic nitrogens is 4. The first-order valence-corrected chi connectivity index (χ1v) is 10.5. The molecule has 3 aromatic heterocycles. The molecular weight excluding hydrogens is 376 g/mol. The van der Waals surface area contributed by atoms with Crippen LogP contribution in [0.3, 0.4) is 0 Å². The van der Waals surface area contributed by atoms with E-state index in [0.29, 0.717) is 17.0 Å². The van der Waals surface area contributed by atoms with Gasteiger partial charge in [-0.05, 0) is 56.5 Å². The molecule has 7 heteroatoms. The Labute approximate surface area is 165 Å². The topological polar surface area (TPSA) is 63.6 Å². The van der Waals surface area contributed by atoms with Crippen LogP contribution in [0, 0.1) is 27.7 Å². The molecule has 5 nitrogen and oxygen atoms in total. The Morgan fingerprint density at radius 3 is 2.78 bits per heavy atom. The van der Waals surface area contributed by atoms with Gasteiger partial charge in [0.05, 0.1) is 11.1 Å². The zero-order valence-electron chi connectivity index (χ0n) is 15.7. The predicted molar refractivity (Wildman–Crippen MR) is 112 cm³/mol. The molecule has 27 heavy (non-hydrogen) atoms. The summed E-state index contributed by atoms with van der Waals surface area (Å²) < 4.78 is 2.06. The Morgan fingerprint density at radius 2 is 2.00 bits per heavy atom. The van der Waals surface area contributed by atoms with Gasteiger partial charge < -0.3 is 4.98 Å². The number of nitrogens with one attached hydrogen (secondary N) is 1. The summed E-state index contributed by atoms with van der Waals surface area (Å²) in [5.41, 5.74) is 4.56. The van der Waals surface area contributed by atoms with Crippen LogP contribution in [-0.4, -0.2) is 19.5 Å². The molecule has 0 amide bonds. The highest BCUT2D eigenvalue weighted by molar-refractivity contribution is 7.98. The fraction of sp³-hybridized carbons (Fsp3) is 0.250. The highest BCUT2D eigenvalue weighted by Gasteiger charge is 2.13. The summed E-state index contributed by atoms with van der Waals surface area (Å²) >= 11 is 3.14. The zero-order chi connectivity index (χ0) is 19.1. The number of imidazole rings is 1. The van der Waals surface area contributed by atoms with Gasteiger partial charge in [0, 0.05) is 23.0 Å². The van der Waals surface area contributed by atoms with Gasteiger partial charge in [-0.25, -0.2) is 9.97 Å². The first-order valence-electron chi connectivity index (χ1n) is 8.66. The normalized spacial score (nSPS) is 11.4. The first kappa shape index (κ1) is 18.0. The van der Waals surface area contributed by atoms with Crippen molar-refractivity contribution < 1.29 is 0 Å². The van der Waals surface area contributed by atoms with E-state index in [4.69, 9.17) is 0 Å². The monoisotopic (exact) mass is 396 g/mol. The van der Waals surface area contributed by atoms with Crippen LogP contribution in [0.1, 0.15) is 27.4 Å². The van der Waals surface area contributed by atoms with Gasteiger partial charge in [0.25, 0.3) is 5.56 Å². The minimum Gasteiger partial charge on any atom is -0.309 e. The minimum atomic E-state index is -0.0602. The van der Waals surface area contributed by atoms with Crippen molar-refractivity contribution in [2.45, 2.75) is 38.6 Å². The summed E-state index contributed by atoms with van der Waals surface area (Å²) in [7, 11) is 0. The molecular formula is C20H20N4OS2. The van der Waals surface area contributed by atoms with Crippen molar-refractivity contribution in [1.29, 1.82) is 0 Å². The molecule has 3 heterocycles. The molecule has 0 aliphatic heterocycles. The van der Waals surface area contributed by atoms with Crippen LogP contribution < -0.4 is 5.56 Å². The molecule has 1 N–H and O–H groups in total. The molecule has 0 aliphatic rings. The van der Waals surface area contributed by atoms with Crippen molar-refractivity contribution in [3.05, 3.63) is 68.3 Å². The maximum Gasteiger partial charge on any atom is 0.259 e. The molecule has 0 radical (unpaired) electrons. The molecule has 138 valence electrons. The average molecular weight is 397 g/mol. The molecule has 0 bridgehead atoms. The average Bonchev–Trinajstić information content (AvgIpc) is 3.20. The van der Waals surface area contributed by atoms with E-state index in [1.165, 1.54) is 11.1 Å². The number of hydrogen-bond donors (Lipinski definition) is 1. The van der Waals surface area contributed by atoms with Gasteiger partial charge in [-0.2, -0.15) is 0 Å². The van der Waals surface area contributed by atoms with Crippen molar-refractivity contribution in [1.82, 2.24) is 19.5 Å². The smallest absolute Gasteiger partial charge is 0.259 e. The highest BCUT2D eigenvalue weighted by Crippen LogP contribution is 2.28. The number of hydrogen-bond acceptors (Lipinski definition) is 5. The van der Waals surface area contributed by atoms with Gasteiger partial charge in [-0.15, -0.1) is 11.3 Å². The van der Waals surface area contributed by atoms with Crippen LogP contribution in [0.15, 0.2) is 40.5 Å². The van der Waals surface area contributed by atoms with Gasteiger partial charge in [0.15, 0.2) is 5.16 Å². The molecule has 0 fully saturated rings. The lowest BCUT2D eigenvalue weighted by molar-refractivity contribution is 0.890. The van der Waals surface area contributed by atoms with Crippen molar-refractivity contribution in [3.63, 3.8) is 0 Å². The Hall–Kier alpha value is -2.38. The molecule has 4 aromatic rings. The van der Waals surface area contributed by atoms with Crippen LogP contribution in [0.5, 0.6) is 0 Å². The van der Waals surface area contributed by atoms with E-state index >= 15 is 0 Å². The van der Waals surface area contributed by atoms with Crippen molar-refractivity contribution in [3.8, 4) is 5.69 Å². The second-order valence-electron chi connectivity index (χ2n) is 6.61. The van der Waals surface area contributed by atoms with E-state index in [1.807, 2.05) is 20.0 Å². The molecule has 0 aliphatic carbocycles. The van der Waals surface area contributed by atoms with Crippen molar-refractivity contribution in [2.24, 2.45) is 0 Å². The third-order valence-electron chi connectivity index (χ3n) is 4.80. The van der Waals surface area contributed by atoms with Gasteiger partial charge >= 0.3 is 0 Å². The summed E-state index contributed by atoms with van der Waals surface area (Å²) in [5.74, 6) is 1.23. The van der Waals surface area contributed by atoms with Crippen LogP contribution >= 0.6 is 23.1 Å². The zero-order valence-corrected chi connectivity index (χ0v) is 17.3. The quantitative estimate of drug-likeness (QED) is 0.508. The second kappa shape index (κ2) is 6.98. The second-order valence-corrected chi connectivity index (χ2v) is 8.76. The number of benzene rings is 1. The number of aromatic amines is 1. The van der Waals surface area contributed by atoms with Crippen LogP contribution in [-0.2, 0) is 5.75 Å². The highest BCUT2D eigenvalue weighted by atomic mass is 32.2. The largest absolute Gasteiger partial charge is 0.309 e. The number of H-pyrrole nitrogens is 1. The van der Waals surface area contributed by atoms with Gasteiger partial charge in [-0.3, -0.25) is 9.36 Å². The summed E-state index contributed by atoms with van der Waals surface area (Å²) in [6.07, 6.45) is 3.75. The fourth-order valence-electron chi connectivity index (χ4n) is 2.97. The number of aryl methyl sites for hydroxylation is 4. The van der Waals surface area contributed by atoms with Crippen molar-refractivity contribution in [2.75, 3.05) is 0 Å². The Bertz CT molecular complexity index is 1200. The van der Waals surface area contributed by atoms with E-state index < -0.39 is 0 Å². The van der Waals surface area contributed by atoms with E-state index in [9.17, 15) is 4.79 Å². The number of fused-ring (bicyclic) bond motifs is 1. The molecule has 0 saturated heterocycles. The lowest BCUT2D eigenvalue weighted by Crippen LogP contribution is -2.11. The summed E-state index contributed by atoms with van der Waals surface area (Å²) in [6, 6.07) is 6.37. The van der Waals surface area contributed by atoms with E-state index in [-0.39, 0.29) is 5.56 Å². The van der Waals surface area contributed by atoms with Gasteiger partial charge in [-0.1, -0.05) is 17.8 Å². The third-order valence-corrected chi connectivity index (χ3v) is 6.88. The first-order chi connectivity index (χ1) is 12.9. The summed E-state index contributed by atoms with van der Waals surface area (Å²) in [4.78, 5) is 26.4. The number of nitrogens with zero attached hydrogens (tertiary/aromatic N) is 3. The molecule has 0 spiro atoms. The number of thiophene rings is 1. The van der Waals surface area contributed by atoms with E-state index in [0.717, 1.165) is 26.1 Å². The lowest BCUT2D eigenvalue weighted by Gasteiger charge is -2.09. The van der Waals surface area contributed by atoms with Gasteiger partial charge in [0.2, 0.25) is 0 Å². The molecule has 0 unspecified atom stereocenters. The molecule has 0 saturated carbocycles. The SMILES string of the molecule is Cc1ccc(-n2ccnc2SCc2nc3sc(C)c(C)c3c(=O)[nH]2)cc1C. The van der Waals surface area contributed by atoms with E-state index in [1.54, 1.807) is 29.3 Å². The standard InChI is InChI=1S/C20H20N4OS2/c1-11-5-6-15(9-12(11)2)24-8-7-21-20(24)26-10-16-22-18(25)17-13(3)14(4)27-19(17)23-16/h5-9H,10H2,1-4H3,(H,22,23,25).